The topological polar surface area (TPSA) is 75.6 Å². The molecular weight excluding hydrogens is 198 g/mol. The Hall–Kier alpha value is -1.10. The second-order valence-electron chi connectivity index (χ2n) is 3.91. The van der Waals surface area contributed by atoms with E-state index in [1.807, 2.05) is 0 Å². The van der Waals surface area contributed by atoms with Gasteiger partial charge in [0.2, 0.25) is 5.91 Å². The molecule has 0 radical (unpaired) electrons. The van der Waals surface area contributed by atoms with E-state index in [0.29, 0.717) is 6.42 Å². The molecule has 0 heterocycles. The standard InChI is InChI=1S/C10H17NO4/c1-15-10(4-2-5-10)7-8(12)11-6-3-9(13)14/h2-7H2,1H3,(H,11,12)(H,13,14). The minimum absolute atomic E-state index is 0.0360. The monoisotopic (exact) mass is 215 g/mol. The minimum atomic E-state index is -0.902. The summed E-state index contributed by atoms with van der Waals surface area (Å²) in [7, 11) is 1.61. The van der Waals surface area contributed by atoms with Gasteiger partial charge in [-0.05, 0) is 19.3 Å². The summed E-state index contributed by atoms with van der Waals surface area (Å²) in [6.45, 7) is 0.188. The fourth-order valence-electron chi connectivity index (χ4n) is 1.69. The van der Waals surface area contributed by atoms with E-state index in [-0.39, 0.29) is 24.5 Å². The molecule has 0 saturated heterocycles. The van der Waals surface area contributed by atoms with Crippen molar-refractivity contribution in [1.82, 2.24) is 5.32 Å². The van der Waals surface area contributed by atoms with Crippen LogP contribution in [0.3, 0.4) is 0 Å². The molecule has 0 aromatic rings. The first kappa shape index (κ1) is 12.0. The van der Waals surface area contributed by atoms with Crippen LogP contribution in [0.15, 0.2) is 0 Å². The quantitative estimate of drug-likeness (QED) is 0.678. The van der Waals surface area contributed by atoms with Crippen molar-refractivity contribution in [2.75, 3.05) is 13.7 Å². The summed E-state index contributed by atoms with van der Waals surface area (Å²) in [4.78, 5) is 21.6. The molecule has 5 heteroatoms. The normalized spacial score (nSPS) is 17.9. The summed E-state index contributed by atoms with van der Waals surface area (Å²) in [6.07, 6.45) is 3.22. The number of methoxy groups -OCH3 is 1. The van der Waals surface area contributed by atoms with Gasteiger partial charge in [-0.15, -0.1) is 0 Å². The van der Waals surface area contributed by atoms with Crippen molar-refractivity contribution < 1.29 is 19.4 Å². The van der Waals surface area contributed by atoms with E-state index in [2.05, 4.69) is 5.32 Å². The van der Waals surface area contributed by atoms with Gasteiger partial charge in [0.25, 0.3) is 0 Å². The molecule has 15 heavy (non-hydrogen) atoms. The number of carboxylic acid groups (broad SMARTS) is 1. The van der Waals surface area contributed by atoms with Crippen molar-refractivity contribution in [3.8, 4) is 0 Å². The largest absolute Gasteiger partial charge is 0.481 e. The van der Waals surface area contributed by atoms with Gasteiger partial charge in [0.05, 0.1) is 18.4 Å². The van der Waals surface area contributed by atoms with Crippen molar-refractivity contribution in [1.29, 1.82) is 0 Å². The molecule has 0 atom stereocenters. The van der Waals surface area contributed by atoms with Crippen LogP contribution in [0, 0.1) is 0 Å². The first-order chi connectivity index (χ1) is 7.08. The maximum absolute atomic E-state index is 11.4. The van der Waals surface area contributed by atoms with Gasteiger partial charge < -0.3 is 15.2 Å². The number of carboxylic acids is 1. The van der Waals surface area contributed by atoms with E-state index >= 15 is 0 Å². The Kier molecular flexibility index (Phi) is 4.08. The molecule has 0 unspecified atom stereocenters. The second kappa shape index (κ2) is 5.11. The molecule has 86 valence electrons. The van der Waals surface area contributed by atoms with Crippen molar-refractivity contribution >= 4 is 11.9 Å². The summed E-state index contributed by atoms with van der Waals surface area (Å²) < 4.78 is 5.29. The average Bonchev–Trinajstić information content (AvgIpc) is 2.11. The summed E-state index contributed by atoms with van der Waals surface area (Å²) >= 11 is 0. The van der Waals surface area contributed by atoms with Gasteiger partial charge >= 0.3 is 5.97 Å². The van der Waals surface area contributed by atoms with Crippen molar-refractivity contribution in [3.05, 3.63) is 0 Å². The van der Waals surface area contributed by atoms with Crippen LogP contribution in [-0.4, -0.2) is 36.2 Å². The van der Waals surface area contributed by atoms with Gasteiger partial charge in [-0.3, -0.25) is 9.59 Å². The molecule has 0 aliphatic heterocycles. The van der Waals surface area contributed by atoms with Crippen molar-refractivity contribution in [2.45, 2.75) is 37.7 Å². The zero-order valence-electron chi connectivity index (χ0n) is 8.91. The molecule has 0 aromatic heterocycles. The summed E-state index contributed by atoms with van der Waals surface area (Å²) in [5.41, 5.74) is -0.284. The molecule has 1 fully saturated rings. The molecule has 1 aliphatic rings. The molecule has 1 rings (SSSR count). The molecule has 1 saturated carbocycles. The van der Waals surface area contributed by atoms with Crippen LogP contribution in [0.2, 0.25) is 0 Å². The summed E-state index contributed by atoms with van der Waals surface area (Å²) in [5, 5.41) is 11.0. The van der Waals surface area contributed by atoms with E-state index in [1.165, 1.54) is 0 Å². The predicted octanol–water partition coefficient (Wildman–Crippen LogP) is 0.536. The highest BCUT2D eigenvalue weighted by Crippen LogP contribution is 2.37. The van der Waals surface area contributed by atoms with Crippen LogP contribution in [-0.2, 0) is 14.3 Å². The van der Waals surface area contributed by atoms with Gasteiger partial charge in [0.1, 0.15) is 0 Å². The van der Waals surface area contributed by atoms with Gasteiger partial charge in [-0.2, -0.15) is 0 Å². The summed E-state index contributed by atoms with van der Waals surface area (Å²) in [5.74, 6) is -1.03. The first-order valence-corrected chi connectivity index (χ1v) is 5.12. The molecule has 2 N–H and O–H groups in total. The average molecular weight is 215 g/mol. The van der Waals surface area contributed by atoms with Gasteiger partial charge in [-0.1, -0.05) is 0 Å². The zero-order valence-corrected chi connectivity index (χ0v) is 8.91. The lowest BCUT2D eigenvalue weighted by Gasteiger charge is -2.39. The highest BCUT2D eigenvalue weighted by molar-refractivity contribution is 5.78. The van der Waals surface area contributed by atoms with Gasteiger partial charge in [0, 0.05) is 13.7 Å². The van der Waals surface area contributed by atoms with E-state index in [1.54, 1.807) is 7.11 Å². The number of hydrogen-bond donors (Lipinski definition) is 2. The Morgan fingerprint density at radius 2 is 2.13 bits per heavy atom. The lowest BCUT2D eigenvalue weighted by Crippen LogP contribution is -2.44. The summed E-state index contributed by atoms with van der Waals surface area (Å²) in [6, 6.07) is 0. The van der Waals surface area contributed by atoms with E-state index in [4.69, 9.17) is 9.84 Å². The highest BCUT2D eigenvalue weighted by Gasteiger charge is 2.38. The van der Waals surface area contributed by atoms with Gasteiger partial charge in [-0.25, -0.2) is 0 Å². The lowest BCUT2D eigenvalue weighted by molar-refractivity contribution is -0.137. The maximum Gasteiger partial charge on any atom is 0.305 e. The molecular formula is C10H17NO4. The zero-order chi connectivity index (χ0) is 11.3. The van der Waals surface area contributed by atoms with Crippen molar-refractivity contribution in [3.63, 3.8) is 0 Å². The number of carbonyl (C=O) groups is 2. The fraction of sp³-hybridized carbons (Fsp3) is 0.800. The predicted molar refractivity (Wildman–Crippen MR) is 53.5 cm³/mol. The highest BCUT2D eigenvalue weighted by atomic mass is 16.5. The van der Waals surface area contributed by atoms with Crippen LogP contribution in [0.4, 0.5) is 0 Å². The second-order valence-corrected chi connectivity index (χ2v) is 3.91. The third-order valence-corrected chi connectivity index (χ3v) is 2.84. The molecule has 0 aromatic carbocycles. The maximum atomic E-state index is 11.4. The Balaban J connectivity index is 2.20. The Labute approximate surface area is 88.8 Å². The van der Waals surface area contributed by atoms with Crippen LogP contribution in [0.5, 0.6) is 0 Å². The SMILES string of the molecule is COC1(CC(=O)NCCC(=O)O)CCC1. The Morgan fingerprint density at radius 3 is 2.53 bits per heavy atom. The molecule has 1 aliphatic carbocycles. The third-order valence-electron chi connectivity index (χ3n) is 2.84. The van der Waals surface area contributed by atoms with E-state index in [9.17, 15) is 9.59 Å². The minimum Gasteiger partial charge on any atom is -0.481 e. The molecule has 0 bridgehead atoms. The number of nitrogens with one attached hydrogen (secondary N) is 1. The fourth-order valence-corrected chi connectivity index (χ4v) is 1.69. The first-order valence-electron chi connectivity index (χ1n) is 5.12. The molecule has 5 nitrogen and oxygen atoms in total. The van der Waals surface area contributed by atoms with Gasteiger partial charge in [0.15, 0.2) is 0 Å². The number of amides is 1. The number of hydrogen-bond acceptors (Lipinski definition) is 3. The van der Waals surface area contributed by atoms with Crippen molar-refractivity contribution in [2.24, 2.45) is 0 Å². The Bertz CT molecular complexity index is 242. The third kappa shape index (κ3) is 3.51. The number of aliphatic carboxylic acids is 1. The van der Waals surface area contributed by atoms with Crippen LogP contribution >= 0.6 is 0 Å². The smallest absolute Gasteiger partial charge is 0.305 e. The van der Waals surface area contributed by atoms with E-state index < -0.39 is 5.97 Å². The number of rotatable bonds is 6. The molecule has 1 amide bonds. The Morgan fingerprint density at radius 1 is 1.47 bits per heavy atom. The molecule has 0 spiro atoms. The van der Waals surface area contributed by atoms with E-state index in [0.717, 1.165) is 19.3 Å². The number of ether oxygens (including phenoxy) is 1. The van der Waals surface area contributed by atoms with Crippen LogP contribution < -0.4 is 5.32 Å². The lowest BCUT2D eigenvalue weighted by atomic mass is 9.77. The van der Waals surface area contributed by atoms with Crippen LogP contribution in [0.1, 0.15) is 32.1 Å². The number of carbonyl (C=O) groups excluding carboxylic acids is 1. The van der Waals surface area contributed by atoms with Crippen LogP contribution in [0.25, 0.3) is 0 Å².